The van der Waals surface area contributed by atoms with Gasteiger partial charge in [0.2, 0.25) is 0 Å². The van der Waals surface area contributed by atoms with Crippen molar-refractivity contribution in [2.75, 3.05) is 31.5 Å². The highest BCUT2D eigenvalue weighted by molar-refractivity contribution is 5.89. The number of benzene rings is 2. The average Bonchev–Trinajstić information content (AvgIpc) is 2.84. The van der Waals surface area contributed by atoms with E-state index in [-0.39, 0.29) is 6.03 Å². The molecule has 2 aromatic carbocycles. The van der Waals surface area contributed by atoms with Crippen LogP contribution in [-0.2, 0) is 13.2 Å². The summed E-state index contributed by atoms with van der Waals surface area (Å²) in [5.41, 5.74) is 3.47. The van der Waals surface area contributed by atoms with Gasteiger partial charge in [-0.25, -0.2) is 4.79 Å². The fourth-order valence-corrected chi connectivity index (χ4v) is 3.64. The van der Waals surface area contributed by atoms with E-state index < -0.39 is 0 Å². The lowest BCUT2D eigenvalue weighted by molar-refractivity contribution is 0.143. The van der Waals surface area contributed by atoms with Crippen LogP contribution >= 0.6 is 0 Å². The summed E-state index contributed by atoms with van der Waals surface area (Å²) < 4.78 is 5.93. The van der Waals surface area contributed by atoms with Crippen molar-refractivity contribution in [2.24, 2.45) is 0 Å². The van der Waals surface area contributed by atoms with Crippen molar-refractivity contribution in [3.8, 4) is 11.8 Å². The molecule has 0 unspecified atom stereocenters. The van der Waals surface area contributed by atoms with Crippen molar-refractivity contribution in [1.29, 1.82) is 5.26 Å². The number of nitrogens with one attached hydrogen (secondary N) is 1. The molecule has 0 bridgehead atoms. The summed E-state index contributed by atoms with van der Waals surface area (Å²) in [6, 6.07) is 21.2. The van der Waals surface area contributed by atoms with Gasteiger partial charge in [0.25, 0.3) is 0 Å². The number of carbonyl (C=O) groups excluding carboxylic acids is 1. The van der Waals surface area contributed by atoms with Crippen LogP contribution in [-0.4, -0.2) is 47.0 Å². The molecule has 1 aromatic heterocycles. The first-order chi connectivity index (χ1) is 15.7. The largest absolute Gasteiger partial charge is 0.489 e. The van der Waals surface area contributed by atoms with Crippen molar-refractivity contribution in [2.45, 2.75) is 13.2 Å². The maximum absolute atomic E-state index is 12.4. The minimum atomic E-state index is -0.0893. The van der Waals surface area contributed by atoms with Crippen molar-refractivity contribution in [3.05, 3.63) is 89.7 Å². The Bertz CT molecular complexity index is 1090. The number of urea groups is 1. The number of piperazine rings is 1. The highest BCUT2D eigenvalue weighted by Crippen LogP contribution is 2.18. The van der Waals surface area contributed by atoms with Gasteiger partial charge in [0.15, 0.2) is 0 Å². The Morgan fingerprint density at radius 3 is 2.62 bits per heavy atom. The molecule has 0 aliphatic carbocycles. The van der Waals surface area contributed by atoms with Gasteiger partial charge >= 0.3 is 6.03 Å². The predicted molar refractivity (Wildman–Crippen MR) is 122 cm³/mol. The third-order valence-corrected chi connectivity index (χ3v) is 5.34. The summed E-state index contributed by atoms with van der Waals surface area (Å²) in [4.78, 5) is 20.6. The van der Waals surface area contributed by atoms with E-state index in [9.17, 15) is 4.79 Å². The summed E-state index contributed by atoms with van der Waals surface area (Å²) in [6.07, 6.45) is 3.32. The molecule has 0 radical (unpaired) electrons. The molecule has 2 heterocycles. The quantitative estimate of drug-likeness (QED) is 0.646. The average molecular weight is 428 g/mol. The molecule has 0 spiro atoms. The molecule has 0 atom stereocenters. The van der Waals surface area contributed by atoms with Gasteiger partial charge in [-0.3, -0.25) is 9.88 Å². The first-order valence-electron chi connectivity index (χ1n) is 10.6. The highest BCUT2D eigenvalue weighted by atomic mass is 16.5. The first kappa shape index (κ1) is 21.3. The number of anilines is 1. The smallest absolute Gasteiger partial charge is 0.321 e. The van der Waals surface area contributed by atoms with Crippen LogP contribution in [0.2, 0.25) is 0 Å². The molecule has 32 heavy (non-hydrogen) atoms. The number of hydrogen-bond acceptors (Lipinski definition) is 5. The minimum Gasteiger partial charge on any atom is -0.489 e. The second-order valence-electron chi connectivity index (χ2n) is 7.68. The summed E-state index contributed by atoms with van der Waals surface area (Å²) >= 11 is 0. The van der Waals surface area contributed by atoms with Crippen LogP contribution < -0.4 is 10.1 Å². The predicted octanol–water partition coefficient (Wildman–Crippen LogP) is 3.88. The van der Waals surface area contributed by atoms with E-state index in [1.807, 2.05) is 41.3 Å². The maximum Gasteiger partial charge on any atom is 0.321 e. The van der Waals surface area contributed by atoms with Gasteiger partial charge in [0.05, 0.1) is 23.5 Å². The summed E-state index contributed by atoms with van der Waals surface area (Å²) in [7, 11) is 0. The molecular formula is C25H25N5O2. The Hall–Kier alpha value is -3.89. The number of aromatic nitrogens is 1. The molecule has 7 heteroatoms. The number of pyridine rings is 1. The lowest BCUT2D eigenvalue weighted by Crippen LogP contribution is -2.49. The molecule has 1 saturated heterocycles. The standard InChI is InChI=1S/C25H25N5O2/c26-16-20-4-1-6-22(14-20)19-32-24-8-2-5-21(15-24)18-29-10-12-30(13-11-29)25(31)28-23-7-3-9-27-17-23/h1-9,14-15,17H,10-13,18-19H2,(H,28,31). The minimum absolute atomic E-state index is 0.0893. The summed E-state index contributed by atoms with van der Waals surface area (Å²) in [5, 5.41) is 11.9. The molecule has 162 valence electrons. The maximum atomic E-state index is 12.4. The SMILES string of the molecule is N#Cc1cccc(COc2cccc(CN3CCN(C(=O)Nc4cccnc4)CC3)c2)c1. The van der Waals surface area contributed by atoms with Crippen molar-refractivity contribution < 1.29 is 9.53 Å². The Morgan fingerprint density at radius 1 is 1.03 bits per heavy atom. The molecule has 1 aliphatic rings. The normalized spacial score (nSPS) is 13.9. The van der Waals surface area contributed by atoms with E-state index in [4.69, 9.17) is 10.00 Å². The Labute approximate surface area is 187 Å². The Kier molecular flexibility index (Phi) is 6.95. The number of nitrogens with zero attached hydrogens (tertiary/aromatic N) is 4. The van der Waals surface area contributed by atoms with Gasteiger partial charge in [0.1, 0.15) is 12.4 Å². The third-order valence-electron chi connectivity index (χ3n) is 5.34. The van der Waals surface area contributed by atoms with E-state index >= 15 is 0 Å². The van der Waals surface area contributed by atoms with E-state index in [1.54, 1.807) is 24.5 Å². The number of rotatable bonds is 6. The zero-order chi connectivity index (χ0) is 22.2. The highest BCUT2D eigenvalue weighted by Gasteiger charge is 2.21. The topological polar surface area (TPSA) is 81.5 Å². The number of nitriles is 1. The molecule has 1 N–H and O–H groups in total. The van der Waals surface area contributed by atoms with Gasteiger partial charge in [-0.15, -0.1) is 0 Å². The third kappa shape index (κ3) is 5.84. The van der Waals surface area contributed by atoms with Crippen molar-refractivity contribution >= 4 is 11.7 Å². The monoisotopic (exact) mass is 427 g/mol. The lowest BCUT2D eigenvalue weighted by Gasteiger charge is -2.34. The Balaban J connectivity index is 1.26. The molecule has 7 nitrogen and oxygen atoms in total. The first-order valence-corrected chi connectivity index (χ1v) is 10.6. The molecular weight excluding hydrogens is 402 g/mol. The van der Waals surface area contributed by atoms with E-state index in [1.165, 1.54) is 5.56 Å². The van der Waals surface area contributed by atoms with E-state index in [2.05, 4.69) is 33.4 Å². The van der Waals surface area contributed by atoms with Crippen LogP contribution in [0, 0.1) is 11.3 Å². The zero-order valence-corrected chi connectivity index (χ0v) is 17.8. The fraction of sp³-hybridized carbons (Fsp3) is 0.240. The van der Waals surface area contributed by atoms with E-state index in [0.29, 0.717) is 30.9 Å². The van der Waals surface area contributed by atoms with Gasteiger partial charge < -0.3 is 15.0 Å². The van der Waals surface area contributed by atoms with Crippen LogP contribution in [0.1, 0.15) is 16.7 Å². The fourth-order valence-electron chi connectivity index (χ4n) is 3.64. The number of carbonyl (C=O) groups is 1. The summed E-state index contributed by atoms with van der Waals surface area (Å²) in [5.74, 6) is 0.805. The van der Waals surface area contributed by atoms with E-state index in [0.717, 1.165) is 30.9 Å². The van der Waals surface area contributed by atoms with Crippen molar-refractivity contribution in [1.82, 2.24) is 14.8 Å². The number of amides is 2. The molecule has 1 fully saturated rings. The molecule has 0 saturated carbocycles. The van der Waals surface area contributed by atoms with Gasteiger partial charge in [-0.05, 0) is 47.5 Å². The summed E-state index contributed by atoms with van der Waals surface area (Å²) in [6.45, 7) is 4.21. The second-order valence-corrected chi connectivity index (χ2v) is 7.68. The lowest BCUT2D eigenvalue weighted by atomic mass is 10.1. The van der Waals surface area contributed by atoms with Crippen LogP contribution in [0.5, 0.6) is 5.75 Å². The van der Waals surface area contributed by atoms with Crippen LogP contribution in [0.15, 0.2) is 73.1 Å². The number of hydrogen-bond donors (Lipinski definition) is 1. The second kappa shape index (κ2) is 10.4. The molecule has 1 aliphatic heterocycles. The molecule has 4 rings (SSSR count). The Morgan fingerprint density at radius 2 is 1.84 bits per heavy atom. The number of ether oxygens (including phenoxy) is 1. The molecule has 3 aromatic rings. The molecule has 2 amide bonds. The van der Waals surface area contributed by atoms with Gasteiger partial charge in [0, 0.05) is 38.9 Å². The van der Waals surface area contributed by atoms with Crippen molar-refractivity contribution in [3.63, 3.8) is 0 Å². The zero-order valence-electron chi connectivity index (χ0n) is 17.8. The van der Waals surface area contributed by atoms with Gasteiger partial charge in [-0.2, -0.15) is 5.26 Å². The van der Waals surface area contributed by atoms with Gasteiger partial charge in [-0.1, -0.05) is 24.3 Å². The van der Waals surface area contributed by atoms with Crippen LogP contribution in [0.4, 0.5) is 10.5 Å². The van der Waals surface area contributed by atoms with Crippen LogP contribution in [0.25, 0.3) is 0 Å². The van der Waals surface area contributed by atoms with Crippen LogP contribution in [0.3, 0.4) is 0 Å².